The van der Waals surface area contributed by atoms with E-state index in [1.807, 2.05) is 12.1 Å². The zero-order valence-electron chi connectivity index (χ0n) is 20.4. The maximum atomic E-state index is 14.0. The number of anilines is 1. The van der Waals surface area contributed by atoms with Gasteiger partial charge in [0.25, 0.3) is 5.56 Å². The summed E-state index contributed by atoms with van der Waals surface area (Å²) >= 11 is 0. The van der Waals surface area contributed by atoms with Gasteiger partial charge in [0, 0.05) is 43.0 Å². The van der Waals surface area contributed by atoms with Gasteiger partial charge in [0.1, 0.15) is 0 Å². The third-order valence-corrected chi connectivity index (χ3v) is 8.84. The molecule has 3 atom stereocenters. The molecule has 2 bridgehead atoms. The van der Waals surface area contributed by atoms with Crippen molar-refractivity contribution < 1.29 is 0 Å². The van der Waals surface area contributed by atoms with E-state index in [9.17, 15) is 4.79 Å². The molecule has 0 spiro atoms. The van der Waals surface area contributed by atoms with E-state index >= 15 is 0 Å². The largest absolute Gasteiger partial charge is 0.386 e. The predicted octanol–water partition coefficient (Wildman–Crippen LogP) is 4.60. The van der Waals surface area contributed by atoms with Gasteiger partial charge in [-0.3, -0.25) is 9.69 Å². The van der Waals surface area contributed by atoms with Crippen LogP contribution in [0.3, 0.4) is 0 Å². The van der Waals surface area contributed by atoms with E-state index in [1.165, 1.54) is 57.8 Å². The van der Waals surface area contributed by atoms with Crippen LogP contribution in [0.25, 0.3) is 11.0 Å². The summed E-state index contributed by atoms with van der Waals surface area (Å²) in [6.07, 6.45) is 14.5. The Bertz CT molecular complexity index is 1090. The summed E-state index contributed by atoms with van der Waals surface area (Å²) in [5, 5.41) is 3.30. The molecule has 6 heteroatoms. The molecule has 0 amide bonds. The Morgan fingerprint density at radius 2 is 1.59 bits per heavy atom. The second-order valence-electron chi connectivity index (χ2n) is 11.0. The van der Waals surface area contributed by atoms with Gasteiger partial charge in [-0.05, 0) is 50.7 Å². The van der Waals surface area contributed by atoms with Crippen molar-refractivity contribution in [3.8, 4) is 0 Å². The van der Waals surface area contributed by atoms with Crippen LogP contribution in [0.15, 0.2) is 41.3 Å². The van der Waals surface area contributed by atoms with Crippen LogP contribution >= 0.6 is 0 Å². The minimum Gasteiger partial charge on any atom is -0.386 e. The van der Waals surface area contributed by atoms with Crippen molar-refractivity contribution in [3.05, 3.63) is 46.9 Å². The van der Waals surface area contributed by atoms with Crippen molar-refractivity contribution in [2.24, 2.45) is 0 Å². The number of piperidine rings is 1. The van der Waals surface area contributed by atoms with Gasteiger partial charge in [-0.15, -0.1) is 0 Å². The molecule has 0 radical (unpaired) electrons. The number of fused-ring (bicyclic) bond motifs is 3. The monoisotopic (exact) mass is 461 g/mol. The zero-order chi connectivity index (χ0) is 23.1. The van der Waals surface area contributed by atoms with Crippen LogP contribution in [-0.4, -0.2) is 52.2 Å². The third-order valence-electron chi connectivity index (χ3n) is 8.84. The van der Waals surface area contributed by atoms with Crippen LogP contribution in [-0.2, 0) is 0 Å². The van der Waals surface area contributed by atoms with Crippen molar-refractivity contribution in [2.75, 3.05) is 24.5 Å². The highest BCUT2D eigenvalue weighted by Gasteiger charge is 2.44. The summed E-state index contributed by atoms with van der Waals surface area (Å²) in [4.78, 5) is 23.9. The van der Waals surface area contributed by atoms with Crippen molar-refractivity contribution in [1.82, 2.24) is 19.8 Å². The van der Waals surface area contributed by atoms with Gasteiger partial charge in [0.2, 0.25) is 0 Å². The highest BCUT2D eigenvalue weighted by molar-refractivity contribution is 5.76. The van der Waals surface area contributed by atoms with Gasteiger partial charge in [-0.1, -0.05) is 50.8 Å². The summed E-state index contributed by atoms with van der Waals surface area (Å²) < 4.78 is 2.13. The number of nitrogens with zero attached hydrogens (tertiary/aromatic N) is 4. The molecular formula is C28H39N5O. The Balaban J connectivity index is 1.33. The highest BCUT2D eigenvalue weighted by atomic mass is 16.1. The average Bonchev–Trinajstić information content (AvgIpc) is 3.07. The Morgan fingerprint density at radius 3 is 2.32 bits per heavy atom. The van der Waals surface area contributed by atoms with Gasteiger partial charge in [-0.25, -0.2) is 4.98 Å². The number of nitrogens with one attached hydrogen (secondary N) is 1. The van der Waals surface area contributed by atoms with Gasteiger partial charge >= 0.3 is 0 Å². The third kappa shape index (κ3) is 4.04. The first-order valence-corrected chi connectivity index (χ1v) is 13.6. The van der Waals surface area contributed by atoms with Gasteiger partial charge in [0.05, 0.1) is 17.6 Å². The van der Waals surface area contributed by atoms with Gasteiger partial charge in [-0.2, -0.15) is 0 Å². The molecule has 182 valence electrons. The lowest BCUT2D eigenvalue weighted by molar-refractivity contribution is 0.0498. The standard InChI is InChI=1S/C28H39N5O/c1-20-19-31(16-15-29-20)27-28(34)33(26-12-8-7-11-25(26)30-27)24-17-22-13-14-23(18-24)32(22)21-9-5-3-2-4-6-10-21/h7-8,11-12,21-24,29H,1-6,9-10,13-19H2/t22-,23+,24?. The Kier molecular flexibility index (Phi) is 6.10. The van der Waals surface area contributed by atoms with Crippen molar-refractivity contribution in [3.63, 3.8) is 0 Å². The van der Waals surface area contributed by atoms with E-state index in [0.717, 1.165) is 48.7 Å². The van der Waals surface area contributed by atoms with E-state index < -0.39 is 0 Å². The van der Waals surface area contributed by atoms with Gasteiger partial charge < -0.3 is 14.8 Å². The molecular weight excluding hydrogens is 422 g/mol. The minimum absolute atomic E-state index is 0.0807. The quantitative estimate of drug-likeness (QED) is 0.724. The molecule has 1 unspecified atom stereocenters. The maximum absolute atomic E-state index is 14.0. The van der Waals surface area contributed by atoms with Crippen LogP contribution in [0.2, 0.25) is 0 Å². The van der Waals surface area contributed by atoms with E-state index in [4.69, 9.17) is 4.98 Å². The molecule has 3 saturated heterocycles. The fourth-order valence-electron chi connectivity index (χ4n) is 7.35. The molecule has 2 aromatic rings. The zero-order valence-corrected chi connectivity index (χ0v) is 20.4. The summed E-state index contributed by atoms with van der Waals surface area (Å²) in [6, 6.07) is 10.5. The molecule has 1 aliphatic carbocycles. The van der Waals surface area contributed by atoms with Gasteiger partial charge in [0.15, 0.2) is 5.82 Å². The number of rotatable bonds is 3. The predicted molar refractivity (Wildman–Crippen MR) is 138 cm³/mol. The number of para-hydroxylation sites is 2. The molecule has 4 fully saturated rings. The summed E-state index contributed by atoms with van der Waals surface area (Å²) in [5.41, 5.74) is 2.96. The fourth-order valence-corrected chi connectivity index (χ4v) is 7.35. The SMILES string of the molecule is C=C1CN(c2nc3ccccc3n(C3C[C@H]4CC[C@@H](C3)N4C3CCCCCCC3)c2=O)CCN1. The molecule has 1 aromatic heterocycles. The van der Waals surface area contributed by atoms with E-state index in [1.54, 1.807) is 0 Å². The van der Waals surface area contributed by atoms with Crippen LogP contribution in [0.5, 0.6) is 0 Å². The van der Waals surface area contributed by atoms with Crippen LogP contribution < -0.4 is 15.8 Å². The normalized spacial score (nSPS) is 29.1. The topological polar surface area (TPSA) is 53.4 Å². The smallest absolute Gasteiger partial charge is 0.294 e. The molecule has 3 aliphatic heterocycles. The molecule has 1 saturated carbocycles. The maximum Gasteiger partial charge on any atom is 0.294 e. The van der Waals surface area contributed by atoms with Crippen LogP contribution in [0, 0.1) is 0 Å². The number of benzene rings is 1. The summed E-state index contributed by atoms with van der Waals surface area (Å²) in [6.45, 7) is 6.32. The van der Waals surface area contributed by atoms with E-state index in [-0.39, 0.29) is 11.6 Å². The summed E-state index contributed by atoms with van der Waals surface area (Å²) in [5.74, 6) is 0.594. The molecule has 34 heavy (non-hydrogen) atoms. The first kappa shape index (κ1) is 22.1. The summed E-state index contributed by atoms with van der Waals surface area (Å²) in [7, 11) is 0. The molecule has 4 heterocycles. The van der Waals surface area contributed by atoms with Crippen LogP contribution in [0.1, 0.15) is 76.7 Å². The van der Waals surface area contributed by atoms with E-state index in [2.05, 4.69) is 38.4 Å². The average molecular weight is 462 g/mol. The van der Waals surface area contributed by atoms with Crippen molar-refractivity contribution in [2.45, 2.75) is 94.8 Å². The number of hydrogen-bond donors (Lipinski definition) is 1. The Labute approximate surface area is 203 Å². The first-order chi connectivity index (χ1) is 16.7. The first-order valence-electron chi connectivity index (χ1n) is 13.6. The molecule has 4 aliphatic rings. The lowest BCUT2D eigenvalue weighted by atomic mass is 9.89. The minimum atomic E-state index is 0.0807. The van der Waals surface area contributed by atoms with Crippen molar-refractivity contribution in [1.29, 1.82) is 0 Å². The number of hydrogen-bond acceptors (Lipinski definition) is 5. The number of aromatic nitrogens is 2. The van der Waals surface area contributed by atoms with Crippen LogP contribution in [0.4, 0.5) is 5.82 Å². The number of piperazine rings is 1. The molecule has 1 aromatic carbocycles. The lowest BCUT2D eigenvalue weighted by Gasteiger charge is -2.45. The molecule has 1 N–H and O–H groups in total. The highest BCUT2D eigenvalue weighted by Crippen LogP contribution is 2.44. The van der Waals surface area contributed by atoms with E-state index in [0.29, 0.717) is 24.4 Å². The second kappa shape index (κ2) is 9.37. The van der Waals surface area contributed by atoms with Crippen molar-refractivity contribution >= 4 is 16.9 Å². The Morgan fingerprint density at radius 1 is 0.882 bits per heavy atom. The lowest BCUT2D eigenvalue weighted by Crippen LogP contribution is -2.50. The fraction of sp³-hybridized carbons (Fsp3) is 0.643. The second-order valence-corrected chi connectivity index (χ2v) is 11.0. The molecule has 6 nitrogen and oxygen atoms in total. The Hall–Kier alpha value is -2.34. The molecule has 6 rings (SSSR count).